The Morgan fingerprint density at radius 3 is 2.62 bits per heavy atom. The summed E-state index contributed by atoms with van der Waals surface area (Å²) in [6.45, 7) is 5.86. The molecule has 0 spiro atoms. The molecule has 3 atom stereocenters. The van der Waals surface area contributed by atoms with E-state index >= 15 is 0 Å². The molecule has 1 saturated carbocycles. The lowest BCUT2D eigenvalue weighted by molar-refractivity contribution is -0.119. The summed E-state index contributed by atoms with van der Waals surface area (Å²) in [5.41, 5.74) is 0. The summed E-state index contributed by atoms with van der Waals surface area (Å²) >= 11 is 3.57. The second-order valence-corrected chi connectivity index (χ2v) is 4.61. The maximum Gasteiger partial charge on any atom is 0.0962 e. The summed E-state index contributed by atoms with van der Waals surface area (Å²) in [4.78, 5) is 0.499. The predicted molar refractivity (Wildman–Crippen MR) is 57.4 cm³/mol. The monoisotopic (exact) mass is 250 g/mol. The van der Waals surface area contributed by atoms with Crippen LogP contribution in [0.5, 0.6) is 0 Å². The Balaban J connectivity index is 2.12. The van der Waals surface area contributed by atoms with Crippen molar-refractivity contribution in [1.29, 1.82) is 0 Å². The highest BCUT2D eigenvalue weighted by Gasteiger charge is 2.40. The minimum absolute atomic E-state index is 0.279. The molecule has 0 amide bonds. The minimum Gasteiger partial charge on any atom is -0.375 e. The van der Waals surface area contributed by atoms with E-state index in [9.17, 15) is 0 Å². The lowest BCUT2D eigenvalue weighted by atomic mass is 9.91. The first-order valence-electron chi connectivity index (χ1n) is 5.16. The molecule has 0 bridgehead atoms. The van der Waals surface area contributed by atoms with Crippen LogP contribution in [-0.4, -0.2) is 30.2 Å². The molecule has 78 valence electrons. The van der Waals surface area contributed by atoms with E-state index in [1.807, 2.05) is 6.92 Å². The standard InChI is InChI=1S/C10H19BrO2/c1-3-5-6-13-9-7-8(11)10(9)12-4-2/h8-10H,3-7H2,1-2H3. The molecule has 0 aromatic carbocycles. The molecule has 0 radical (unpaired) electrons. The summed E-state index contributed by atoms with van der Waals surface area (Å²) < 4.78 is 11.3. The van der Waals surface area contributed by atoms with Crippen molar-refractivity contribution in [2.24, 2.45) is 0 Å². The van der Waals surface area contributed by atoms with Crippen LogP contribution >= 0.6 is 15.9 Å². The van der Waals surface area contributed by atoms with Gasteiger partial charge in [-0.2, -0.15) is 0 Å². The predicted octanol–water partition coefficient (Wildman–Crippen LogP) is 2.74. The maximum absolute atomic E-state index is 5.70. The van der Waals surface area contributed by atoms with Crippen molar-refractivity contribution in [3.8, 4) is 0 Å². The third-order valence-corrected chi connectivity index (χ3v) is 3.26. The topological polar surface area (TPSA) is 18.5 Å². The van der Waals surface area contributed by atoms with Crippen molar-refractivity contribution in [2.45, 2.75) is 50.1 Å². The molecular formula is C10H19BrO2. The van der Waals surface area contributed by atoms with Crippen LogP contribution in [0.1, 0.15) is 33.1 Å². The first kappa shape index (κ1) is 11.5. The van der Waals surface area contributed by atoms with Gasteiger partial charge in [0.25, 0.3) is 0 Å². The Morgan fingerprint density at radius 1 is 1.31 bits per heavy atom. The van der Waals surface area contributed by atoms with Gasteiger partial charge in [0.15, 0.2) is 0 Å². The number of ether oxygens (including phenoxy) is 2. The fraction of sp³-hybridized carbons (Fsp3) is 1.00. The zero-order chi connectivity index (χ0) is 9.68. The van der Waals surface area contributed by atoms with Crippen LogP contribution in [0.4, 0.5) is 0 Å². The quantitative estimate of drug-likeness (QED) is 0.533. The normalized spacial score (nSPS) is 33.0. The Hall–Kier alpha value is 0.400. The first-order valence-corrected chi connectivity index (χ1v) is 6.08. The van der Waals surface area contributed by atoms with Gasteiger partial charge >= 0.3 is 0 Å². The van der Waals surface area contributed by atoms with Crippen LogP contribution in [0.15, 0.2) is 0 Å². The number of alkyl halides is 1. The fourth-order valence-corrected chi connectivity index (χ4v) is 2.33. The molecule has 1 aliphatic carbocycles. The van der Waals surface area contributed by atoms with Gasteiger partial charge in [-0.05, 0) is 19.8 Å². The van der Waals surface area contributed by atoms with Crippen LogP contribution in [0.3, 0.4) is 0 Å². The second-order valence-electron chi connectivity index (χ2n) is 3.43. The van der Waals surface area contributed by atoms with E-state index in [1.54, 1.807) is 0 Å². The van der Waals surface area contributed by atoms with Gasteiger partial charge < -0.3 is 9.47 Å². The zero-order valence-electron chi connectivity index (χ0n) is 8.46. The summed E-state index contributed by atoms with van der Waals surface area (Å²) in [5, 5.41) is 0. The molecule has 1 aliphatic rings. The van der Waals surface area contributed by atoms with Crippen molar-refractivity contribution in [3.63, 3.8) is 0 Å². The maximum atomic E-state index is 5.70. The molecule has 1 rings (SSSR count). The van der Waals surface area contributed by atoms with Crippen LogP contribution in [0.25, 0.3) is 0 Å². The third-order valence-electron chi connectivity index (χ3n) is 2.37. The van der Waals surface area contributed by atoms with Gasteiger partial charge in [-0.3, -0.25) is 0 Å². The molecule has 2 nitrogen and oxygen atoms in total. The van der Waals surface area contributed by atoms with Crippen LogP contribution in [-0.2, 0) is 9.47 Å². The lowest BCUT2D eigenvalue weighted by Crippen LogP contribution is -2.50. The summed E-state index contributed by atoms with van der Waals surface area (Å²) in [6.07, 6.45) is 4.05. The molecule has 1 fully saturated rings. The Morgan fingerprint density at radius 2 is 2.08 bits per heavy atom. The largest absolute Gasteiger partial charge is 0.375 e. The Labute approximate surface area is 89.1 Å². The molecule has 0 saturated heterocycles. The molecule has 13 heavy (non-hydrogen) atoms. The number of hydrogen-bond acceptors (Lipinski definition) is 2. The van der Waals surface area contributed by atoms with Gasteiger partial charge in [-0.1, -0.05) is 29.3 Å². The highest BCUT2D eigenvalue weighted by atomic mass is 79.9. The first-order chi connectivity index (χ1) is 6.29. The van der Waals surface area contributed by atoms with Gasteiger partial charge in [0.05, 0.1) is 12.2 Å². The van der Waals surface area contributed by atoms with E-state index in [1.165, 1.54) is 6.42 Å². The van der Waals surface area contributed by atoms with E-state index in [2.05, 4.69) is 22.9 Å². The Bertz CT molecular complexity index is 141. The van der Waals surface area contributed by atoms with Crippen LogP contribution in [0.2, 0.25) is 0 Å². The summed E-state index contributed by atoms with van der Waals surface area (Å²) in [5.74, 6) is 0. The van der Waals surface area contributed by atoms with E-state index in [0.29, 0.717) is 10.9 Å². The molecule has 0 aliphatic heterocycles. The zero-order valence-corrected chi connectivity index (χ0v) is 10.0. The number of rotatable bonds is 6. The van der Waals surface area contributed by atoms with E-state index in [0.717, 1.165) is 26.1 Å². The summed E-state index contributed by atoms with van der Waals surface area (Å²) in [6, 6.07) is 0. The van der Waals surface area contributed by atoms with Gasteiger partial charge in [-0.25, -0.2) is 0 Å². The molecular weight excluding hydrogens is 232 g/mol. The number of halogens is 1. The second kappa shape index (κ2) is 5.99. The highest BCUT2D eigenvalue weighted by Crippen LogP contribution is 2.33. The molecule has 0 N–H and O–H groups in total. The highest BCUT2D eigenvalue weighted by molar-refractivity contribution is 9.09. The average Bonchev–Trinajstić information content (AvgIpc) is 2.13. The van der Waals surface area contributed by atoms with Crippen molar-refractivity contribution in [1.82, 2.24) is 0 Å². The van der Waals surface area contributed by atoms with Gasteiger partial charge in [-0.15, -0.1) is 0 Å². The fourth-order valence-electron chi connectivity index (χ4n) is 1.47. The van der Waals surface area contributed by atoms with Crippen molar-refractivity contribution in [2.75, 3.05) is 13.2 Å². The van der Waals surface area contributed by atoms with Crippen molar-refractivity contribution < 1.29 is 9.47 Å². The molecule has 3 heteroatoms. The minimum atomic E-state index is 0.279. The average molecular weight is 251 g/mol. The molecule has 0 aromatic rings. The number of hydrogen-bond donors (Lipinski definition) is 0. The number of unbranched alkanes of at least 4 members (excludes halogenated alkanes) is 1. The van der Waals surface area contributed by atoms with Crippen molar-refractivity contribution in [3.05, 3.63) is 0 Å². The van der Waals surface area contributed by atoms with Gasteiger partial charge in [0.1, 0.15) is 0 Å². The third kappa shape index (κ3) is 3.22. The molecule has 0 aromatic heterocycles. The molecule has 3 unspecified atom stereocenters. The van der Waals surface area contributed by atoms with Gasteiger partial charge in [0.2, 0.25) is 0 Å². The van der Waals surface area contributed by atoms with Crippen LogP contribution < -0.4 is 0 Å². The molecule has 0 heterocycles. The Kier molecular flexibility index (Phi) is 5.29. The van der Waals surface area contributed by atoms with Gasteiger partial charge in [0, 0.05) is 18.0 Å². The van der Waals surface area contributed by atoms with Crippen LogP contribution in [0, 0.1) is 0 Å². The smallest absolute Gasteiger partial charge is 0.0962 e. The lowest BCUT2D eigenvalue weighted by Gasteiger charge is -2.40. The SMILES string of the molecule is CCCCOC1CC(Br)C1OCC. The summed E-state index contributed by atoms with van der Waals surface area (Å²) in [7, 11) is 0. The van der Waals surface area contributed by atoms with E-state index in [-0.39, 0.29) is 6.10 Å². The van der Waals surface area contributed by atoms with Crippen molar-refractivity contribution >= 4 is 15.9 Å². The van der Waals surface area contributed by atoms with E-state index < -0.39 is 0 Å². The van der Waals surface area contributed by atoms with E-state index in [4.69, 9.17) is 9.47 Å².